The number of nitro groups is 1. The van der Waals surface area contributed by atoms with Gasteiger partial charge in [0.25, 0.3) is 5.69 Å². The maximum atomic E-state index is 12.9. The number of esters is 1. The van der Waals surface area contributed by atoms with Gasteiger partial charge in [-0.05, 0) is 50.5 Å². The number of likely N-dealkylation sites (tertiary alicyclic amines) is 1. The predicted molar refractivity (Wildman–Crippen MR) is 113 cm³/mol. The molecule has 0 aromatic heterocycles. The molecule has 1 fully saturated rings. The summed E-state index contributed by atoms with van der Waals surface area (Å²) >= 11 is 0. The fraction of sp³-hybridized carbons (Fsp3) is 0.409. The quantitative estimate of drug-likeness (QED) is 0.141. The van der Waals surface area contributed by atoms with E-state index in [-0.39, 0.29) is 23.9 Å². The molecule has 0 aliphatic carbocycles. The summed E-state index contributed by atoms with van der Waals surface area (Å²) in [4.78, 5) is 48.7. The Bertz CT molecular complexity index is 934. The Labute approximate surface area is 185 Å². The molecule has 0 bridgehead atoms. The van der Waals surface area contributed by atoms with Crippen LogP contribution in [0.1, 0.15) is 32.8 Å². The zero-order valence-electron chi connectivity index (χ0n) is 18.4. The third-order valence-electron chi connectivity index (χ3n) is 5.06. The van der Waals surface area contributed by atoms with Crippen molar-refractivity contribution in [3.8, 4) is 0 Å². The SMILES string of the molecule is C=CC[C@@H]1[C@@H]([C@@H](C)OC(=O)OCc2ccc([N+](=O)[O-])cc2)C(=O)N1C(C(=O)OC)=C(C)C. The Kier molecular flexibility index (Phi) is 8.11. The smallest absolute Gasteiger partial charge is 0.464 e. The van der Waals surface area contributed by atoms with Gasteiger partial charge < -0.3 is 19.1 Å². The van der Waals surface area contributed by atoms with Crippen molar-refractivity contribution in [1.82, 2.24) is 4.90 Å². The van der Waals surface area contributed by atoms with Crippen molar-refractivity contribution in [1.29, 1.82) is 0 Å². The molecule has 1 aliphatic rings. The van der Waals surface area contributed by atoms with E-state index in [2.05, 4.69) is 6.58 Å². The van der Waals surface area contributed by atoms with E-state index in [1.165, 1.54) is 36.3 Å². The molecule has 10 heteroatoms. The first-order valence-electron chi connectivity index (χ1n) is 9.88. The fourth-order valence-electron chi connectivity index (χ4n) is 3.53. The van der Waals surface area contributed by atoms with Crippen LogP contribution < -0.4 is 0 Å². The highest BCUT2D eigenvalue weighted by Crippen LogP contribution is 2.38. The molecule has 172 valence electrons. The number of hydrogen-bond acceptors (Lipinski definition) is 8. The fourth-order valence-corrected chi connectivity index (χ4v) is 3.53. The predicted octanol–water partition coefficient (Wildman–Crippen LogP) is 3.51. The molecule has 32 heavy (non-hydrogen) atoms. The number of β-lactam (4-membered cyclic amide) rings is 1. The lowest BCUT2D eigenvalue weighted by atomic mass is 9.80. The molecular weight excluding hydrogens is 420 g/mol. The van der Waals surface area contributed by atoms with Crippen LogP contribution in [-0.4, -0.2) is 47.1 Å². The van der Waals surface area contributed by atoms with Crippen molar-refractivity contribution in [3.05, 3.63) is 63.9 Å². The van der Waals surface area contributed by atoms with Crippen molar-refractivity contribution in [2.75, 3.05) is 7.11 Å². The van der Waals surface area contributed by atoms with E-state index < -0.39 is 35.1 Å². The van der Waals surface area contributed by atoms with Gasteiger partial charge in [0, 0.05) is 12.1 Å². The zero-order chi connectivity index (χ0) is 24.0. The lowest BCUT2D eigenvalue weighted by Gasteiger charge is -2.49. The summed E-state index contributed by atoms with van der Waals surface area (Å²) in [5.41, 5.74) is 1.25. The molecule has 1 heterocycles. The Morgan fingerprint density at radius 1 is 1.28 bits per heavy atom. The van der Waals surface area contributed by atoms with Crippen molar-refractivity contribution in [2.24, 2.45) is 5.92 Å². The number of nitrogens with zero attached hydrogens (tertiary/aromatic N) is 2. The van der Waals surface area contributed by atoms with Crippen LogP contribution in [0.4, 0.5) is 10.5 Å². The number of amides is 1. The van der Waals surface area contributed by atoms with Gasteiger partial charge in [-0.1, -0.05) is 6.08 Å². The summed E-state index contributed by atoms with van der Waals surface area (Å²) < 4.78 is 15.1. The van der Waals surface area contributed by atoms with Gasteiger partial charge in [-0.15, -0.1) is 6.58 Å². The van der Waals surface area contributed by atoms with Crippen LogP contribution in [0.2, 0.25) is 0 Å². The Morgan fingerprint density at radius 2 is 1.91 bits per heavy atom. The van der Waals surface area contributed by atoms with Crippen LogP contribution in [0.5, 0.6) is 0 Å². The van der Waals surface area contributed by atoms with E-state index in [4.69, 9.17) is 14.2 Å². The van der Waals surface area contributed by atoms with Gasteiger partial charge in [0.2, 0.25) is 5.91 Å². The van der Waals surface area contributed by atoms with Crippen LogP contribution in [0.3, 0.4) is 0 Å². The Morgan fingerprint density at radius 3 is 2.41 bits per heavy atom. The first kappa shape index (κ1) is 24.6. The summed E-state index contributed by atoms with van der Waals surface area (Å²) in [6.07, 6.45) is 0.214. The highest BCUT2D eigenvalue weighted by Gasteiger charge is 2.53. The van der Waals surface area contributed by atoms with E-state index >= 15 is 0 Å². The number of methoxy groups -OCH3 is 1. The molecule has 0 unspecified atom stereocenters. The molecule has 0 radical (unpaired) electrons. The van der Waals surface area contributed by atoms with Gasteiger partial charge in [0.1, 0.15) is 18.4 Å². The van der Waals surface area contributed by atoms with Gasteiger partial charge in [0.15, 0.2) is 0 Å². The van der Waals surface area contributed by atoms with Gasteiger partial charge in [-0.2, -0.15) is 0 Å². The highest BCUT2D eigenvalue weighted by atomic mass is 16.7. The number of carbonyl (C=O) groups excluding carboxylic acids is 3. The number of benzene rings is 1. The van der Waals surface area contributed by atoms with Gasteiger partial charge >= 0.3 is 12.1 Å². The molecule has 10 nitrogen and oxygen atoms in total. The van der Waals surface area contributed by atoms with Crippen LogP contribution in [0.15, 0.2) is 48.2 Å². The largest absolute Gasteiger partial charge is 0.508 e. The highest BCUT2D eigenvalue weighted by molar-refractivity contribution is 5.99. The lowest BCUT2D eigenvalue weighted by molar-refractivity contribution is -0.384. The maximum Gasteiger partial charge on any atom is 0.508 e. The summed E-state index contributed by atoms with van der Waals surface area (Å²) in [7, 11) is 1.24. The van der Waals surface area contributed by atoms with Crippen molar-refractivity contribution >= 4 is 23.7 Å². The van der Waals surface area contributed by atoms with Crippen molar-refractivity contribution < 1.29 is 33.5 Å². The Hall–Kier alpha value is -3.69. The third kappa shape index (κ3) is 5.32. The number of rotatable bonds is 9. The molecule has 1 saturated heterocycles. The molecule has 3 atom stereocenters. The minimum atomic E-state index is -0.977. The van der Waals surface area contributed by atoms with Crippen molar-refractivity contribution in [2.45, 2.75) is 45.9 Å². The maximum absolute atomic E-state index is 12.9. The molecule has 1 aromatic rings. The van der Waals surface area contributed by atoms with Gasteiger partial charge in [-0.3, -0.25) is 14.9 Å². The number of nitro benzene ring substituents is 1. The average Bonchev–Trinajstić information content (AvgIpc) is 2.75. The molecular formula is C22H26N2O8. The topological polar surface area (TPSA) is 125 Å². The first-order chi connectivity index (χ1) is 15.1. The minimum absolute atomic E-state index is 0.0750. The first-order valence-corrected chi connectivity index (χ1v) is 9.88. The molecule has 0 N–H and O–H groups in total. The number of hydrogen-bond donors (Lipinski definition) is 0. The average molecular weight is 446 g/mol. The molecule has 0 saturated carbocycles. The second-order valence-electron chi connectivity index (χ2n) is 7.45. The normalized spacial score (nSPS) is 18.1. The van der Waals surface area contributed by atoms with Crippen LogP contribution in [0.25, 0.3) is 0 Å². The third-order valence-corrected chi connectivity index (χ3v) is 5.06. The second-order valence-corrected chi connectivity index (χ2v) is 7.45. The number of ether oxygens (including phenoxy) is 3. The minimum Gasteiger partial charge on any atom is -0.464 e. The standard InChI is InChI=1S/C22H26N2O8/c1-6-7-17-18(20(25)23(17)19(13(2)3)21(26)30-5)14(4)32-22(27)31-12-15-8-10-16(11-9-15)24(28)29/h6,8-11,14,17-18H,1,7,12H2,2-5H3/t14-,17-,18-/m1/s1. The molecule has 2 rings (SSSR count). The molecule has 1 aromatic carbocycles. The van der Waals surface area contributed by atoms with Crippen LogP contribution in [-0.2, 0) is 30.4 Å². The van der Waals surface area contributed by atoms with E-state index in [1.54, 1.807) is 26.8 Å². The van der Waals surface area contributed by atoms with Crippen LogP contribution >= 0.6 is 0 Å². The second kappa shape index (κ2) is 10.6. The summed E-state index contributed by atoms with van der Waals surface area (Å²) in [5.74, 6) is -1.67. The monoisotopic (exact) mass is 446 g/mol. The number of non-ortho nitro benzene ring substituents is 1. The molecule has 1 amide bonds. The van der Waals surface area contributed by atoms with Gasteiger partial charge in [0.05, 0.1) is 24.0 Å². The lowest BCUT2D eigenvalue weighted by Crippen LogP contribution is -2.64. The van der Waals surface area contributed by atoms with Gasteiger partial charge in [-0.25, -0.2) is 9.59 Å². The van der Waals surface area contributed by atoms with Crippen LogP contribution in [0, 0.1) is 16.0 Å². The zero-order valence-corrected chi connectivity index (χ0v) is 18.4. The van der Waals surface area contributed by atoms with E-state index in [0.29, 0.717) is 17.6 Å². The summed E-state index contributed by atoms with van der Waals surface area (Å²) in [5, 5.41) is 10.7. The van der Waals surface area contributed by atoms with E-state index in [0.717, 1.165) is 0 Å². The number of allylic oxidation sites excluding steroid dienone is 1. The Balaban J connectivity index is 2.02. The summed E-state index contributed by atoms with van der Waals surface area (Å²) in [6.45, 7) is 8.53. The molecule has 0 spiro atoms. The van der Waals surface area contributed by atoms with Crippen molar-refractivity contribution in [3.63, 3.8) is 0 Å². The number of carbonyl (C=O) groups is 3. The summed E-state index contributed by atoms with van der Waals surface area (Å²) in [6, 6.07) is 5.11. The van der Waals surface area contributed by atoms with E-state index in [9.17, 15) is 24.5 Å². The van der Waals surface area contributed by atoms with E-state index in [1.807, 2.05) is 0 Å². The molecule has 1 aliphatic heterocycles.